The van der Waals surface area contributed by atoms with E-state index >= 15 is 0 Å². The van der Waals surface area contributed by atoms with Crippen molar-refractivity contribution in [1.29, 1.82) is 10.5 Å². The van der Waals surface area contributed by atoms with Gasteiger partial charge in [0.2, 0.25) is 0 Å². The van der Waals surface area contributed by atoms with Crippen molar-refractivity contribution in [3.63, 3.8) is 0 Å². The minimum Gasteiger partial charge on any atom is -0.371 e. The first-order valence-corrected chi connectivity index (χ1v) is 11.7. The first kappa shape index (κ1) is 25.1. The predicted molar refractivity (Wildman–Crippen MR) is 134 cm³/mol. The Balaban J connectivity index is 1.71. The van der Waals surface area contributed by atoms with Crippen LogP contribution in [0.1, 0.15) is 31.7 Å². The third-order valence-electron chi connectivity index (χ3n) is 4.89. The number of unbranched alkanes of at least 4 members (excludes halogenated alkanes) is 1. The molecule has 3 rings (SSSR count). The van der Waals surface area contributed by atoms with Crippen molar-refractivity contribution < 1.29 is 4.92 Å². The van der Waals surface area contributed by atoms with E-state index in [9.17, 15) is 15.4 Å². The molecule has 0 N–H and O–H groups in total. The Morgan fingerprint density at radius 3 is 2.23 bits per heavy atom. The predicted octanol–water partition coefficient (Wildman–Crippen LogP) is 7.88. The van der Waals surface area contributed by atoms with E-state index in [-0.39, 0.29) is 5.69 Å². The zero-order valence-corrected chi connectivity index (χ0v) is 19.9. The zero-order valence-electron chi connectivity index (χ0n) is 19.0. The molecule has 35 heavy (non-hydrogen) atoms. The number of anilines is 1. The number of rotatable bonds is 11. The number of nitro groups is 1. The lowest BCUT2D eigenvalue weighted by molar-refractivity contribution is -0.384. The van der Waals surface area contributed by atoms with Crippen molar-refractivity contribution in [1.82, 2.24) is 0 Å². The maximum Gasteiger partial charge on any atom is 0.269 e. The average Bonchev–Trinajstić information content (AvgIpc) is 3.29. The number of hydrogen-bond acceptors (Lipinski definition) is 10. The van der Waals surface area contributed by atoms with E-state index < -0.39 is 4.92 Å². The van der Waals surface area contributed by atoms with E-state index in [2.05, 4.69) is 44.4 Å². The number of thiophene rings is 1. The largest absolute Gasteiger partial charge is 0.371 e. The minimum absolute atomic E-state index is 0.0293. The maximum absolute atomic E-state index is 10.7. The summed E-state index contributed by atoms with van der Waals surface area (Å²) in [6.45, 7) is 3.70. The van der Waals surface area contributed by atoms with Gasteiger partial charge in [0, 0.05) is 30.9 Å². The van der Waals surface area contributed by atoms with E-state index in [0.717, 1.165) is 25.1 Å². The van der Waals surface area contributed by atoms with Gasteiger partial charge in [-0.1, -0.05) is 24.7 Å². The van der Waals surface area contributed by atoms with Crippen LogP contribution in [-0.2, 0) is 0 Å². The normalized spacial score (nSPS) is 10.9. The molecule has 0 radical (unpaired) electrons. The van der Waals surface area contributed by atoms with Crippen molar-refractivity contribution in [3.8, 4) is 12.1 Å². The molecule has 0 aliphatic rings. The Hall–Kier alpha value is -4.48. The summed E-state index contributed by atoms with van der Waals surface area (Å²) in [5, 5.41) is 46.6. The molecule has 1 heterocycles. The average molecular weight is 487 g/mol. The Labute approximate surface area is 206 Å². The minimum atomic E-state index is -0.485. The number of nitro benzene ring substituents is 1. The highest BCUT2D eigenvalue weighted by Gasteiger charge is 2.10. The molecule has 0 saturated carbocycles. The topological polar surface area (TPSA) is 143 Å². The number of nitrogens with zero attached hydrogens (tertiary/aromatic N) is 8. The monoisotopic (exact) mass is 486 g/mol. The van der Waals surface area contributed by atoms with Gasteiger partial charge < -0.3 is 4.90 Å². The van der Waals surface area contributed by atoms with Gasteiger partial charge in [-0.25, -0.2) is 0 Å². The Morgan fingerprint density at radius 1 is 0.971 bits per heavy atom. The SMILES string of the molecule is CCCCN(CCC#N)c1ccc(N=Nc2sc(N=Nc3ccc([N+](=O)[O-])cc3)cc2C#N)cc1. The van der Waals surface area contributed by atoms with E-state index in [1.165, 1.54) is 35.6 Å². The number of azo groups is 2. The summed E-state index contributed by atoms with van der Waals surface area (Å²) in [6.07, 6.45) is 2.59. The summed E-state index contributed by atoms with van der Waals surface area (Å²) in [5.74, 6) is 0. The first-order chi connectivity index (χ1) is 17.0. The third kappa shape index (κ3) is 7.25. The number of benzene rings is 2. The lowest BCUT2D eigenvalue weighted by atomic mass is 10.2. The van der Waals surface area contributed by atoms with Crippen LogP contribution in [0.25, 0.3) is 0 Å². The molecule has 176 valence electrons. The van der Waals surface area contributed by atoms with Crippen LogP contribution < -0.4 is 4.90 Å². The molecule has 11 heteroatoms. The molecule has 3 aromatic rings. The highest BCUT2D eigenvalue weighted by Crippen LogP contribution is 2.38. The zero-order chi connectivity index (χ0) is 25.0. The highest BCUT2D eigenvalue weighted by atomic mass is 32.1. The van der Waals surface area contributed by atoms with Crippen LogP contribution >= 0.6 is 11.3 Å². The summed E-state index contributed by atoms with van der Waals surface area (Å²) in [5.41, 5.74) is 2.41. The van der Waals surface area contributed by atoms with E-state index in [1.54, 1.807) is 6.07 Å². The molecule has 0 fully saturated rings. The van der Waals surface area contributed by atoms with Gasteiger partial charge in [-0.2, -0.15) is 10.5 Å². The molecule has 0 atom stereocenters. The van der Waals surface area contributed by atoms with Gasteiger partial charge in [-0.05, 0) is 48.9 Å². The van der Waals surface area contributed by atoms with Gasteiger partial charge in [0.1, 0.15) is 11.1 Å². The molecule has 0 spiro atoms. The van der Waals surface area contributed by atoms with Gasteiger partial charge in [0.25, 0.3) is 5.69 Å². The summed E-state index contributed by atoms with van der Waals surface area (Å²) < 4.78 is 0. The molecule has 0 unspecified atom stereocenters. The highest BCUT2D eigenvalue weighted by molar-refractivity contribution is 7.19. The number of non-ortho nitro benzene ring substituents is 1. The summed E-state index contributed by atoms with van der Waals surface area (Å²) >= 11 is 1.17. The summed E-state index contributed by atoms with van der Waals surface area (Å²) in [6, 6.07) is 19.1. The molecular formula is C24H22N8O2S. The molecule has 2 aromatic carbocycles. The number of hydrogen-bond donors (Lipinski definition) is 0. The van der Waals surface area contributed by atoms with Crippen molar-refractivity contribution >= 4 is 44.1 Å². The van der Waals surface area contributed by atoms with Gasteiger partial charge in [-0.3, -0.25) is 10.1 Å². The number of nitriles is 2. The van der Waals surface area contributed by atoms with Crippen molar-refractivity contribution in [2.75, 3.05) is 18.0 Å². The fourth-order valence-corrected chi connectivity index (χ4v) is 3.81. The second-order valence-corrected chi connectivity index (χ2v) is 8.36. The van der Waals surface area contributed by atoms with Crippen LogP contribution in [0.5, 0.6) is 0 Å². The van der Waals surface area contributed by atoms with Crippen LogP contribution in [0.2, 0.25) is 0 Å². The summed E-state index contributed by atoms with van der Waals surface area (Å²) in [4.78, 5) is 12.4. The lowest BCUT2D eigenvalue weighted by Crippen LogP contribution is -2.25. The fourth-order valence-electron chi connectivity index (χ4n) is 3.06. The van der Waals surface area contributed by atoms with Crippen LogP contribution in [0.15, 0.2) is 75.1 Å². The van der Waals surface area contributed by atoms with Crippen LogP contribution in [0, 0.1) is 32.8 Å². The van der Waals surface area contributed by atoms with Crippen LogP contribution in [-0.4, -0.2) is 18.0 Å². The quantitative estimate of drug-likeness (QED) is 0.154. The van der Waals surface area contributed by atoms with Crippen molar-refractivity contribution in [3.05, 3.63) is 70.3 Å². The molecule has 0 saturated heterocycles. The third-order valence-corrected chi connectivity index (χ3v) is 5.79. The van der Waals surface area contributed by atoms with Crippen LogP contribution in [0.3, 0.4) is 0 Å². The van der Waals surface area contributed by atoms with Crippen LogP contribution in [0.4, 0.5) is 32.8 Å². The van der Waals surface area contributed by atoms with Crippen molar-refractivity contribution in [2.45, 2.75) is 26.2 Å². The molecule has 0 bridgehead atoms. The van der Waals surface area contributed by atoms with Gasteiger partial charge in [0.15, 0.2) is 5.00 Å². The first-order valence-electron chi connectivity index (χ1n) is 10.9. The molecule has 1 aromatic heterocycles. The fraction of sp³-hybridized carbons (Fsp3) is 0.250. The maximum atomic E-state index is 10.7. The van der Waals surface area contributed by atoms with Crippen molar-refractivity contribution in [2.24, 2.45) is 20.5 Å². The van der Waals surface area contributed by atoms with E-state index in [0.29, 0.717) is 39.9 Å². The van der Waals surface area contributed by atoms with E-state index in [4.69, 9.17) is 5.26 Å². The molecule has 10 nitrogen and oxygen atoms in total. The molecular weight excluding hydrogens is 464 g/mol. The van der Waals surface area contributed by atoms with Gasteiger partial charge in [-0.15, -0.1) is 20.5 Å². The standard InChI is InChI=1S/C24H22N8O2S/c1-2-3-14-31(15-4-13-25)21-9-5-20(6-10-21)28-30-24-18(17-26)16-23(35-24)29-27-19-7-11-22(12-8-19)32(33)34/h5-12,16H,2-4,14-15H2,1H3. The summed E-state index contributed by atoms with van der Waals surface area (Å²) in [7, 11) is 0. The second-order valence-electron chi connectivity index (χ2n) is 7.35. The lowest BCUT2D eigenvalue weighted by Gasteiger charge is -2.23. The Morgan fingerprint density at radius 2 is 1.63 bits per heavy atom. The molecule has 0 amide bonds. The Bertz CT molecular complexity index is 1290. The second kappa shape index (κ2) is 12.7. The smallest absolute Gasteiger partial charge is 0.269 e. The molecule has 0 aliphatic carbocycles. The van der Waals surface area contributed by atoms with Gasteiger partial charge >= 0.3 is 0 Å². The molecule has 0 aliphatic heterocycles. The van der Waals surface area contributed by atoms with E-state index in [1.807, 2.05) is 24.3 Å². The Kier molecular flexibility index (Phi) is 9.11. The van der Waals surface area contributed by atoms with Gasteiger partial charge in [0.05, 0.1) is 34.4 Å².